The van der Waals surface area contributed by atoms with Gasteiger partial charge in [0.05, 0.1) is 16.0 Å². The number of nitrogens with one attached hydrogen (secondary N) is 2. The Kier molecular flexibility index (Phi) is 7.73. The van der Waals surface area contributed by atoms with Crippen LogP contribution in [0.5, 0.6) is 5.88 Å². The molecule has 0 saturated heterocycles. The van der Waals surface area contributed by atoms with Gasteiger partial charge in [0, 0.05) is 30.2 Å². The zero-order valence-corrected chi connectivity index (χ0v) is 23.6. The number of thiazole rings is 1. The first kappa shape index (κ1) is 28.2. The minimum Gasteiger partial charge on any atom is -0.494 e. The fourth-order valence-corrected chi connectivity index (χ4v) is 5.96. The predicted octanol–water partition coefficient (Wildman–Crippen LogP) is 8.17. The molecule has 43 heavy (non-hydrogen) atoms. The van der Waals surface area contributed by atoms with E-state index < -0.39 is 11.7 Å². The molecule has 2 aromatic heterocycles. The number of aromatic hydroxyl groups is 1. The van der Waals surface area contributed by atoms with Crippen LogP contribution in [0.15, 0.2) is 108 Å². The lowest BCUT2D eigenvalue weighted by molar-refractivity contribution is -0.136. The van der Waals surface area contributed by atoms with Crippen LogP contribution >= 0.6 is 11.3 Å². The fourth-order valence-electron chi connectivity index (χ4n) is 5.20. The molecule has 0 bridgehead atoms. The summed E-state index contributed by atoms with van der Waals surface area (Å²) in [5.41, 5.74) is 5.38. The second kappa shape index (κ2) is 11.8. The Balaban J connectivity index is 1.29. The molecule has 0 radical (unpaired) electrons. The van der Waals surface area contributed by atoms with Crippen LogP contribution in [0.2, 0.25) is 0 Å². The lowest BCUT2D eigenvalue weighted by Gasteiger charge is -2.17. The van der Waals surface area contributed by atoms with Crippen LogP contribution in [0.25, 0.3) is 22.0 Å². The molecule has 9 heteroatoms. The van der Waals surface area contributed by atoms with Crippen LogP contribution in [-0.4, -0.2) is 15.1 Å². The van der Waals surface area contributed by atoms with Crippen molar-refractivity contribution < 1.29 is 18.3 Å². The number of fused-ring (bicyclic) bond motifs is 1. The highest BCUT2D eigenvalue weighted by atomic mass is 32.1. The smallest absolute Gasteiger partial charge is 0.418 e. The Morgan fingerprint density at radius 1 is 0.837 bits per heavy atom. The van der Waals surface area contributed by atoms with Gasteiger partial charge in [-0.3, -0.25) is 14.8 Å². The number of hydrogen-bond acceptors (Lipinski definition) is 5. The highest BCUT2D eigenvalue weighted by molar-refractivity contribution is 7.09. The molecule has 5 nitrogen and oxygen atoms in total. The lowest BCUT2D eigenvalue weighted by Crippen LogP contribution is -2.07. The standard InChI is InChI=1S/C34H26F3N3O2S/c35-34(36,37)28-11-5-10-27-30(25(20-39-31(27)28)16-21-6-2-1-3-7-21)24-8-4-9-26(18-24)38-19-23-14-12-22(13-15-23)17-29-32(41)40-33(42)43-29/h1-15,18,20,38,41H,16-17,19H2,(H,40,42). The van der Waals surface area contributed by atoms with E-state index in [1.165, 1.54) is 6.07 Å². The van der Waals surface area contributed by atoms with Crippen molar-refractivity contribution in [2.24, 2.45) is 0 Å². The van der Waals surface area contributed by atoms with Gasteiger partial charge in [-0.05, 0) is 58.0 Å². The average Bonchev–Trinajstić information content (AvgIpc) is 3.32. The van der Waals surface area contributed by atoms with E-state index >= 15 is 0 Å². The summed E-state index contributed by atoms with van der Waals surface area (Å²) < 4.78 is 41.7. The van der Waals surface area contributed by atoms with Crippen molar-refractivity contribution in [1.29, 1.82) is 0 Å². The zero-order valence-electron chi connectivity index (χ0n) is 22.8. The molecule has 0 fully saturated rings. The highest BCUT2D eigenvalue weighted by Gasteiger charge is 2.33. The minimum absolute atomic E-state index is 0.0690. The molecular formula is C34H26F3N3O2S. The molecule has 2 heterocycles. The number of anilines is 1. The van der Waals surface area contributed by atoms with Crippen molar-refractivity contribution in [3.63, 3.8) is 0 Å². The number of rotatable bonds is 8. The van der Waals surface area contributed by atoms with Crippen molar-refractivity contribution in [2.45, 2.75) is 25.6 Å². The molecular weight excluding hydrogens is 571 g/mol. The molecule has 0 unspecified atom stereocenters. The van der Waals surface area contributed by atoms with Crippen molar-refractivity contribution >= 4 is 27.9 Å². The normalized spacial score (nSPS) is 11.6. The first-order chi connectivity index (χ1) is 20.7. The van der Waals surface area contributed by atoms with Crippen molar-refractivity contribution in [1.82, 2.24) is 9.97 Å². The maximum absolute atomic E-state index is 13.9. The SMILES string of the molecule is O=c1[nH]c(O)c(Cc2ccc(CNc3cccc(-c4c(Cc5ccccc5)cnc5c(C(F)(F)F)cccc45)c3)cc2)s1. The summed E-state index contributed by atoms with van der Waals surface area (Å²) in [4.78, 5) is 18.4. The number of aromatic nitrogens is 2. The average molecular weight is 598 g/mol. The van der Waals surface area contributed by atoms with E-state index in [9.17, 15) is 23.1 Å². The lowest BCUT2D eigenvalue weighted by atomic mass is 9.91. The molecule has 0 amide bonds. The first-order valence-electron chi connectivity index (χ1n) is 13.6. The summed E-state index contributed by atoms with van der Waals surface area (Å²) in [6.07, 6.45) is -1.98. The van der Waals surface area contributed by atoms with E-state index in [2.05, 4.69) is 15.3 Å². The van der Waals surface area contributed by atoms with E-state index in [1.807, 2.05) is 78.9 Å². The van der Waals surface area contributed by atoms with Crippen LogP contribution in [-0.2, 0) is 25.6 Å². The Labute approximate surface area is 249 Å². The van der Waals surface area contributed by atoms with E-state index in [1.54, 1.807) is 12.3 Å². The maximum atomic E-state index is 13.9. The number of halogens is 3. The second-order valence-electron chi connectivity index (χ2n) is 10.2. The summed E-state index contributed by atoms with van der Waals surface area (Å²) in [5.74, 6) is -0.0934. The van der Waals surface area contributed by atoms with Gasteiger partial charge < -0.3 is 10.4 Å². The molecule has 216 valence electrons. The third-order valence-electron chi connectivity index (χ3n) is 7.25. The maximum Gasteiger partial charge on any atom is 0.418 e. The molecule has 6 rings (SSSR count). The van der Waals surface area contributed by atoms with Gasteiger partial charge in [0.1, 0.15) is 0 Å². The van der Waals surface area contributed by atoms with E-state index in [-0.39, 0.29) is 16.3 Å². The second-order valence-corrected chi connectivity index (χ2v) is 11.3. The highest BCUT2D eigenvalue weighted by Crippen LogP contribution is 2.39. The van der Waals surface area contributed by atoms with Gasteiger partial charge in [-0.2, -0.15) is 13.2 Å². The van der Waals surface area contributed by atoms with Crippen LogP contribution < -0.4 is 10.2 Å². The molecule has 0 saturated carbocycles. The third kappa shape index (κ3) is 6.32. The van der Waals surface area contributed by atoms with E-state index in [4.69, 9.17) is 0 Å². The molecule has 4 aromatic carbocycles. The summed E-state index contributed by atoms with van der Waals surface area (Å²) in [5, 5.41) is 13.7. The minimum atomic E-state index is -4.52. The quantitative estimate of drug-likeness (QED) is 0.165. The number of nitrogens with zero attached hydrogens (tertiary/aromatic N) is 1. The van der Waals surface area contributed by atoms with Gasteiger partial charge in [0.2, 0.25) is 5.88 Å². The number of pyridine rings is 1. The van der Waals surface area contributed by atoms with Gasteiger partial charge in [-0.1, -0.05) is 90.2 Å². The molecule has 6 aromatic rings. The summed E-state index contributed by atoms with van der Waals surface area (Å²) in [6, 6.07) is 29.5. The largest absolute Gasteiger partial charge is 0.494 e. The molecule has 0 aliphatic carbocycles. The topological polar surface area (TPSA) is 78.0 Å². The first-order valence-corrected chi connectivity index (χ1v) is 14.4. The molecule has 0 atom stereocenters. The van der Waals surface area contributed by atoms with Gasteiger partial charge in [-0.15, -0.1) is 0 Å². The number of benzene rings is 4. The number of hydrogen-bond donors (Lipinski definition) is 3. The van der Waals surface area contributed by atoms with Gasteiger partial charge in [0.15, 0.2) is 0 Å². The Morgan fingerprint density at radius 3 is 2.28 bits per heavy atom. The van der Waals surface area contributed by atoms with Crippen molar-refractivity contribution in [3.8, 4) is 17.0 Å². The fraction of sp³-hybridized carbons (Fsp3) is 0.118. The number of para-hydroxylation sites is 1. The number of aromatic amines is 1. The van der Waals surface area contributed by atoms with Crippen LogP contribution in [0.4, 0.5) is 18.9 Å². The van der Waals surface area contributed by atoms with E-state index in [0.29, 0.717) is 29.6 Å². The molecule has 0 spiro atoms. The van der Waals surface area contributed by atoms with Gasteiger partial charge in [0.25, 0.3) is 0 Å². The van der Waals surface area contributed by atoms with Crippen LogP contribution in [0.3, 0.4) is 0 Å². The Bertz CT molecular complexity index is 1950. The van der Waals surface area contributed by atoms with E-state index in [0.717, 1.165) is 56.5 Å². The molecule has 3 N–H and O–H groups in total. The molecule has 0 aliphatic heterocycles. The number of H-pyrrole nitrogens is 1. The number of alkyl halides is 3. The molecule has 0 aliphatic rings. The summed E-state index contributed by atoms with van der Waals surface area (Å²) >= 11 is 0.991. The van der Waals surface area contributed by atoms with Crippen molar-refractivity contribution in [2.75, 3.05) is 5.32 Å². The Morgan fingerprint density at radius 2 is 1.56 bits per heavy atom. The van der Waals surface area contributed by atoms with Gasteiger partial charge >= 0.3 is 11.0 Å². The van der Waals surface area contributed by atoms with Gasteiger partial charge in [-0.25, -0.2) is 0 Å². The van der Waals surface area contributed by atoms with Crippen molar-refractivity contribution in [3.05, 3.63) is 146 Å². The summed E-state index contributed by atoms with van der Waals surface area (Å²) in [7, 11) is 0. The predicted molar refractivity (Wildman–Crippen MR) is 165 cm³/mol. The Hall–Kier alpha value is -4.89. The van der Waals surface area contributed by atoms with Crippen LogP contribution in [0.1, 0.15) is 32.7 Å². The third-order valence-corrected chi connectivity index (χ3v) is 8.13. The monoisotopic (exact) mass is 597 g/mol. The van der Waals surface area contributed by atoms with Crippen LogP contribution in [0, 0.1) is 0 Å². The summed E-state index contributed by atoms with van der Waals surface area (Å²) in [6.45, 7) is 0.526. The zero-order chi connectivity index (χ0) is 30.0.